The van der Waals surface area contributed by atoms with Gasteiger partial charge in [0.05, 0.1) is 5.56 Å². The Morgan fingerprint density at radius 3 is 2.67 bits per heavy atom. The molecule has 0 aliphatic heterocycles. The Bertz CT molecular complexity index is 465. The van der Waals surface area contributed by atoms with Gasteiger partial charge >= 0.3 is 5.97 Å². The number of rotatable bonds is 5. The fraction of sp³-hybridized carbons (Fsp3) is 0.333. The van der Waals surface area contributed by atoms with Crippen LogP contribution >= 0.6 is 22.6 Å². The largest absolute Gasteiger partial charge is 0.480 e. The van der Waals surface area contributed by atoms with E-state index in [0.29, 0.717) is 16.4 Å². The number of carbonyl (C=O) groups is 2. The highest BCUT2D eigenvalue weighted by molar-refractivity contribution is 14.1. The van der Waals surface area contributed by atoms with E-state index in [9.17, 15) is 14.0 Å². The van der Waals surface area contributed by atoms with E-state index in [0.717, 1.165) is 0 Å². The molecule has 1 unspecified atom stereocenters. The third-order valence-corrected chi connectivity index (χ3v) is 3.25. The first kappa shape index (κ1) is 14.9. The minimum atomic E-state index is -1.07. The number of amides is 1. The van der Waals surface area contributed by atoms with Crippen molar-refractivity contribution in [2.45, 2.75) is 25.8 Å². The number of halogens is 2. The van der Waals surface area contributed by atoms with Crippen molar-refractivity contribution in [3.8, 4) is 0 Å². The molecule has 2 N–H and O–H groups in total. The molecule has 98 valence electrons. The molecule has 0 bridgehead atoms. The van der Waals surface area contributed by atoms with Crippen LogP contribution in [0.3, 0.4) is 0 Å². The van der Waals surface area contributed by atoms with Gasteiger partial charge in [0.15, 0.2) is 0 Å². The molecule has 1 rings (SSSR count). The monoisotopic (exact) mass is 365 g/mol. The van der Waals surface area contributed by atoms with Gasteiger partial charge in [0.1, 0.15) is 11.9 Å². The van der Waals surface area contributed by atoms with Crippen LogP contribution in [0.1, 0.15) is 30.1 Å². The summed E-state index contributed by atoms with van der Waals surface area (Å²) in [7, 11) is 0. The first-order chi connectivity index (χ1) is 8.45. The normalized spacial score (nSPS) is 11.9. The molecule has 6 heteroatoms. The molecule has 4 nitrogen and oxygen atoms in total. The van der Waals surface area contributed by atoms with Crippen LogP contribution in [-0.2, 0) is 4.79 Å². The molecule has 0 saturated carbocycles. The minimum Gasteiger partial charge on any atom is -0.480 e. The zero-order valence-electron chi connectivity index (χ0n) is 9.74. The summed E-state index contributed by atoms with van der Waals surface area (Å²) < 4.78 is 13.3. The fourth-order valence-electron chi connectivity index (χ4n) is 1.46. The predicted molar refractivity (Wildman–Crippen MR) is 72.9 cm³/mol. The summed E-state index contributed by atoms with van der Waals surface area (Å²) in [5.74, 6) is -2.00. The van der Waals surface area contributed by atoms with Gasteiger partial charge in [-0.2, -0.15) is 0 Å². The number of benzene rings is 1. The van der Waals surface area contributed by atoms with Gasteiger partial charge in [-0.15, -0.1) is 0 Å². The zero-order valence-corrected chi connectivity index (χ0v) is 11.9. The average molecular weight is 365 g/mol. The number of hydrogen-bond acceptors (Lipinski definition) is 2. The standard InChI is InChI=1S/C12H13FINO3/c1-2-3-10(12(17)18)15-11(16)8-5-4-7(13)6-9(8)14/h4-6,10H,2-3H2,1H3,(H,15,16)(H,17,18). The maximum atomic E-state index is 12.9. The first-order valence-corrected chi connectivity index (χ1v) is 6.52. The average Bonchev–Trinajstić information content (AvgIpc) is 2.27. The van der Waals surface area contributed by atoms with Gasteiger partial charge in [-0.05, 0) is 47.2 Å². The van der Waals surface area contributed by atoms with Gasteiger partial charge in [0.25, 0.3) is 5.91 Å². The fourth-order valence-corrected chi connectivity index (χ4v) is 2.18. The van der Waals surface area contributed by atoms with Gasteiger partial charge in [-0.3, -0.25) is 4.79 Å². The zero-order chi connectivity index (χ0) is 13.7. The molecular weight excluding hydrogens is 352 g/mol. The van der Waals surface area contributed by atoms with Crippen LogP contribution in [0.5, 0.6) is 0 Å². The van der Waals surface area contributed by atoms with Crippen molar-refractivity contribution in [3.63, 3.8) is 0 Å². The molecule has 0 spiro atoms. The lowest BCUT2D eigenvalue weighted by Gasteiger charge is -2.14. The number of hydrogen-bond donors (Lipinski definition) is 2. The second kappa shape index (κ2) is 6.67. The number of aliphatic carboxylic acids is 1. The van der Waals surface area contributed by atoms with Crippen LogP contribution in [0.2, 0.25) is 0 Å². The van der Waals surface area contributed by atoms with Crippen LogP contribution < -0.4 is 5.32 Å². The number of carboxylic acids is 1. The number of nitrogens with one attached hydrogen (secondary N) is 1. The lowest BCUT2D eigenvalue weighted by Crippen LogP contribution is -2.40. The highest BCUT2D eigenvalue weighted by atomic mass is 127. The van der Waals surface area contributed by atoms with E-state index < -0.39 is 23.7 Å². The molecule has 1 aromatic rings. The van der Waals surface area contributed by atoms with Crippen molar-refractivity contribution in [1.82, 2.24) is 5.32 Å². The van der Waals surface area contributed by atoms with Crippen LogP contribution in [0, 0.1) is 9.39 Å². The summed E-state index contributed by atoms with van der Waals surface area (Å²) in [5, 5.41) is 11.4. The predicted octanol–water partition coefficient (Wildman–Crippen LogP) is 2.41. The summed E-state index contributed by atoms with van der Waals surface area (Å²) >= 11 is 1.84. The maximum Gasteiger partial charge on any atom is 0.326 e. The Balaban J connectivity index is 2.83. The van der Waals surface area contributed by atoms with Crippen molar-refractivity contribution in [1.29, 1.82) is 0 Å². The Hall–Kier alpha value is -1.18. The van der Waals surface area contributed by atoms with E-state index in [1.165, 1.54) is 18.2 Å². The van der Waals surface area contributed by atoms with Gasteiger partial charge in [0, 0.05) is 3.57 Å². The summed E-state index contributed by atoms with van der Waals surface area (Å²) in [6, 6.07) is 2.83. The highest BCUT2D eigenvalue weighted by Crippen LogP contribution is 2.14. The third kappa shape index (κ3) is 3.94. The molecule has 1 aromatic carbocycles. The Morgan fingerprint density at radius 2 is 2.17 bits per heavy atom. The van der Waals surface area contributed by atoms with Crippen molar-refractivity contribution < 1.29 is 19.1 Å². The van der Waals surface area contributed by atoms with Crippen LogP contribution in [-0.4, -0.2) is 23.0 Å². The molecule has 0 heterocycles. The van der Waals surface area contributed by atoms with Crippen LogP contribution in [0.25, 0.3) is 0 Å². The van der Waals surface area contributed by atoms with Gasteiger partial charge in [0.2, 0.25) is 0 Å². The van der Waals surface area contributed by atoms with Crippen molar-refractivity contribution in [2.75, 3.05) is 0 Å². The maximum absolute atomic E-state index is 12.9. The Kier molecular flexibility index (Phi) is 5.52. The van der Waals surface area contributed by atoms with Gasteiger partial charge in [-0.25, -0.2) is 9.18 Å². The van der Waals surface area contributed by atoms with Crippen molar-refractivity contribution in [3.05, 3.63) is 33.1 Å². The van der Waals surface area contributed by atoms with E-state index in [4.69, 9.17) is 5.11 Å². The second-order valence-corrected chi connectivity index (χ2v) is 4.94. The molecule has 0 fully saturated rings. The Labute approximate surface area is 118 Å². The lowest BCUT2D eigenvalue weighted by molar-refractivity contribution is -0.139. The molecule has 1 amide bonds. The number of carboxylic acid groups (broad SMARTS) is 1. The summed E-state index contributed by atoms with van der Waals surface area (Å²) in [6.07, 6.45) is 1.01. The molecule has 1 atom stereocenters. The van der Waals surface area contributed by atoms with E-state index in [-0.39, 0.29) is 5.56 Å². The van der Waals surface area contributed by atoms with Crippen molar-refractivity contribution in [2.24, 2.45) is 0 Å². The summed E-state index contributed by atoms with van der Waals surface area (Å²) in [5.41, 5.74) is 0.277. The topological polar surface area (TPSA) is 66.4 Å². The second-order valence-electron chi connectivity index (χ2n) is 3.78. The van der Waals surface area contributed by atoms with E-state index in [1.807, 2.05) is 29.5 Å². The minimum absolute atomic E-state index is 0.277. The molecular formula is C12H13FINO3. The van der Waals surface area contributed by atoms with Crippen LogP contribution in [0.15, 0.2) is 18.2 Å². The molecule has 0 saturated heterocycles. The SMILES string of the molecule is CCCC(NC(=O)c1ccc(F)cc1I)C(=O)O. The molecule has 0 aromatic heterocycles. The quantitative estimate of drug-likeness (QED) is 0.788. The first-order valence-electron chi connectivity index (χ1n) is 5.44. The van der Waals surface area contributed by atoms with E-state index in [2.05, 4.69) is 5.32 Å². The summed E-state index contributed by atoms with van der Waals surface area (Å²) in [4.78, 5) is 22.8. The Morgan fingerprint density at radius 1 is 1.50 bits per heavy atom. The molecule has 18 heavy (non-hydrogen) atoms. The van der Waals surface area contributed by atoms with E-state index >= 15 is 0 Å². The van der Waals surface area contributed by atoms with Gasteiger partial charge in [-0.1, -0.05) is 13.3 Å². The molecule has 0 aliphatic carbocycles. The summed E-state index contributed by atoms with van der Waals surface area (Å²) in [6.45, 7) is 1.84. The van der Waals surface area contributed by atoms with Crippen molar-refractivity contribution >= 4 is 34.5 Å². The molecule has 0 radical (unpaired) electrons. The van der Waals surface area contributed by atoms with Gasteiger partial charge < -0.3 is 10.4 Å². The van der Waals surface area contributed by atoms with E-state index in [1.54, 1.807) is 0 Å². The van der Waals surface area contributed by atoms with Crippen LogP contribution in [0.4, 0.5) is 4.39 Å². The lowest BCUT2D eigenvalue weighted by atomic mass is 10.1. The molecule has 0 aliphatic rings. The number of carbonyl (C=O) groups excluding carboxylic acids is 1. The smallest absolute Gasteiger partial charge is 0.326 e. The highest BCUT2D eigenvalue weighted by Gasteiger charge is 2.20. The third-order valence-electron chi connectivity index (χ3n) is 2.36.